The molecule has 0 bridgehead atoms. The molecule has 0 amide bonds. The Kier molecular flexibility index (Phi) is 5.59. The molecule has 0 saturated heterocycles. The molecule has 0 fully saturated rings. The van der Waals surface area contributed by atoms with Crippen LogP contribution in [0.2, 0.25) is 10.0 Å². The average molecular weight is 404 g/mol. The monoisotopic (exact) mass is 403 g/mol. The molecule has 0 aromatic heterocycles. The molecule has 3 aromatic carbocycles. The van der Waals surface area contributed by atoms with Crippen LogP contribution < -0.4 is 20.5 Å². The molecule has 0 aliphatic rings. The molecule has 1 unspecified atom stereocenters. The standard InChI is InChI=1S/C21H19Cl2NO3/c1-12(2)18(13-4-6-14(22)7-5-13)24(19-17(23)20(25)21(19)26)15-8-10-16(27-3)11-9-15/h4-12,18H,1-3H3. The van der Waals surface area contributed by atoms with Crippen LogP contribution in [0.1, 0.15) is 25.5 Å². The van der Waals surface area contributed by atoms with Gasteiger partial charge in [-0.15, -0.1) is 0 Å². The number of hydrogen-bond donors (Lipinski definition) is 0. The van der Waals surface area contributed by atoms with E-state index in [0.717, 1.165) is 11.3 Å². The summed E-state index contributed by atoms with van der Waals surface area (Å²) in [6, 6.07) is 14.5. The fourth-order valence-corrected chi connectivity index (χ4v) is 3.62. The molecule has 4 nitrogen and oxygen atoms in total. The molecule has 0 N–H and O–H groups in total. The Balaban J connectivity index is 2.19. The van der Waals surface area contributed by atoms with Gasteiger partial charge in [-0.25, -0.2) is 0 Å². The fourth-order valence-electron chi connectivity index (χ4n) is 3.23. The Hall–Kier alpha value is -2.30. The number of benzene rings is 2. The molecule has 0 heterocycles. The van der Waals surface area contributed by atoms with Gasteiger partial charge in [-0.05, 0) is 47.9 Å². The van der Waals surface area contributed by atoms with Crippen LogP contribution in [0.4, 0.5) is 11.4 Å². The highest BCUT2D eigenvalue weighted by Gasteiger charge is 2.33. The average Bonchev–Trinajstić information content (AvgIpc) is 2.68. The number of anilines is 2. The van der Waals surface area contributed by atoms with Gasteiger partial charge < -0.3 is 9.64 Å². The molecule has 0 spiro atoms. The minimum atomic E-state index is -0.649. The minimum Gasteiger partial charge on any atom is -0.497 e. The van der Waals surface area contributed by atoms with Crippen LogP contribution in [0.3, 0.4) is 0 Å². The lowest BCUT2D eigenvalue weighted by Gasteiger charge is -2.37. The van der Waals surface area contributed by atoms with E-state index in [1.807, 2.05) is 41.3 Å². The highest BCUT2D eigenvalue weighted by Crippen LogP contribution is 2.41. The molecule has 0 radical (unpaired) electrons. The van der Waals surface area contributed by atoms with Crippen LogP contribution in [0.5, 0.6) is 5.75 Å². The van der Waals surface area contributed by atoms with E-state index in [2.05, 4.69) is 13.8 Å². The number of ether oxygens (including phenoxy) is 1. The Morgan fingerprint density at radius 1 is 0.889 bits per heavy atom. The lowest BCUT2D eigenvalue weighted by Crippen LogP contribution is -2.41. The number of halogens is 2. The van der Waals surface area contributed by atoms with E-state index in [-0.39, 0.29) is 22.7 Å². The second-order valence-electron chi connectivity index (χ2n) is 6.63. The van der Waals surface area contributed by atoms with Crippen molar-refractivity contribution in [3.63, 3.8) is 0 Å². The summed E-state index contributed by atoms with van der Waals surface area (Å²) in [5, 5.41) is 0.597. The molecule has 140 valence electrons. The van der Waals surface area contributed by atoms with Crippen LogP contribution in [-0.4, -0.2) is 7.11 Å². The van der Waals surface area contributed by atoms with Crippen molar-refractivity contribution < 1.29 is 4.74 Å². The summed E-state index contributed by atoms with van der Waals surface area (Å²) < 4.78 is 5.22. The lowest BCUT2D eigenvalue weighted by molar-refractivity contribution is 0.414. The lowest BCUT2D eigenvalue weighted by atomic mass is 9.92. The zero-order chi connectivity index (χ0) is 19.7. The molecule has 3 aromatic rings. The van der Waals surface area contributed by atoms with Gasteiger partial charge in [-0.1, -0.05) is 49.2 Å². The maximum atomic E-state index is 12.3. The topological polar surface area (TPSA) is 46.6 Å². The molecular formula is C21H19Cl2NO3. The van der Waals surface area contributed by atoms with Gasteiger partial charge in [0, 0.05) is 10.7 Å². The first kappa shape index (κ1) is 19.5. The summed E-state index contributed by atoms with van der Waals surface area (Å²) >= 11 is 12.2. The normalized spacial score (nSPS) is 12.4. The van der Waals surface area contributed by atoms with Gasteiger partial charge >= 0.3 is 0 Å². The van der Waals surface area contributed by atoms with Gasteiger partial charge in [-0.2, -0.15) is 0 Å². The van der Waals surface area contributed by atoms with Crippen molar-refractivity contribution in [1.82, 2.24) is 0 Å². The zero-order valence-corrected chi connectivity index (χ0v) is 16.7. The summed E-state index contributed by atoms with van der Waals surface area (Å²) in [4.78, 5) is 26.0. The minimum absolute atomic E-state index is 0.0320. The second-order valence-corrected chi connectivity index (χ2v) is 7.44. The summed E-state index contributed by atoms with van der Waals surface area (Å²) in [6.45, 7) is 4.10. The van der Waals surface area contributed by atoms with Crippen molar-refractivity contribution in [2.45, 2.75) is 19.9 Å². The predicted molar refractivity (Wildman–Crippen MR) is 111 cm³/mol. The Labute approximate surface area is 167 Å². The molecule has 3 rings (SSSR count). The number of rotatable bonds is 6. The van der Waals surface area contributed by atoms with Crippen molar-refractivity contribution in [3.05, 3.63) is 84.6 Å². The largest absolute Gasteiger partial charge is 0.497 e. The van der Waals surface area contributed by atoms with E-state index in [9.17, 15) is 9.59 Å². The van der Waals surface area contributed by atoms with Gasteiger partial charge in [0.2, 0.25) is 5.43 Å². The van der Waals surface area contributed by atoms with Crippen molar-refractivity contribution in [3.8, 4) is 5.75 Å². The fraction of sp³-hybridized carbons (Fsp3) is 0.238. The molecule has 0 aliphatic heterocycles. The van der Waals surface area contributed by atoms with E-state index in [1.165, 1.54) is 0 Å². The molecular weight excluding hydrogens is 385 g/mol. The summed E-state index contributed by atoms with van der Waals surface area (Å²) in [6.07, 6.45) is 0. The Morgan fingerprint density at radius 3 is 1.96 bits per heavy atom. The van der Waals surface area contributed by atoms with Crippen LogP contribution in [0.25, 0.3) is 0 Å². The van der Waals surface area contributed by atoms with Gasteiger partial charge in [0.15, 0.2) is 0 Å². The van der Waals surface area contributed by atoms with E-state index in [4.69, 9.17) is 27.9 Å². The van der Waals surface area contributed by atoms with Crippen LogP contribution in [0, 0.1) is 5.92 Å². The third kappa shape index (κ3) is 3.60. The van der Waals surface area contributed by atoms with Gasteiger partial charge in [0.25, 0.3) is 5.43 Å². The van der Waals surface area contributed by atoms with Gasteiger partial charge in [-0.3, -0.25) is 9.59 Å². The number of methoxy groups -OCH3 is 1. The van der Waals surface area contributed by atoms with Gasteiger partial charge in [0.1, 0.15) is 16.5 Å². The van der Waals surface area contributed by atoms with Crippen molar-refractivity contribution in [2.24, 2.45) is 5.92 Å². The molecule has 0 aliphatic carbocycles. The van der Waals surface area contributed by atoms with E-state index < -0.39 is 10.9 Å². The molecule has 6 heteroatoms. The first-order chi connectivity index (χ1) is 12.8. The Bertz CT molecular complexity index is 1000. The summed E-state index contributed by atoms with van der Waals surface area (Å²) in [5.74, 6) is 0.816. The smallest absolute Gasteiger partial charge is 0.252 e. The van der Waals surface area contributed by atoms with Crippen LogP contribution in [0.15, 0.2) is 58.1 Å². The van der Waals surface area contributed by atoms with E-state index >= 15 is 0 Å². The highest BCUT2D eigenvalue weighted by atomic mass is 35.5. The van der Waals surface area contributed by atoms with Crippen LogP contribution >= 0.6 is 23.2 Å². The van der Waals surface area contributed by atoms with Crippen LogP contribution in [-0.2, 0) is 0 Å². The van der Waals surface area contributed by atoms with Gasteiger partial charge in [0.05, 0.1) is 13.2 Å². The third-order valence-corrected chi connectivity index (χ3v) is 5.14. The van der Waals surface area contributed by atoms with Crippen molar-refractivity contribution in [1.29, 1.82) is 0 Å². The Morgan fingerprint density at radius 2 is 1.48 bits per heavy atom. The molecule has 1 atom stereocenters. The molecule has 0 saturated carbocycles. The quantitative estimate of drug-likeness (QED) is 0.534. The predicted octanol–water partition coefficient (Wildman–Crippen LogP) is 5.13. The first-order valence-corrected chi connectivity index (χ1v) is 9.28. The first-order valence-electron chi connectivity index (χ1n) is 8.52. The second kappa shape index (κ2) is 7.75. The maximum absolute atomic E-state index is 12.3. The van der Waals surface area contributed by atoms with E-state index in [0.29, 0.717) is 10.8 Å². The third-order valence-electron chi connectivity index (χ3n) is 4.54. The molecule has 27 heavy (non-hydrogen) atoms. The van der Waals surface area contributed by atoms with Crippen molar-refractivity contribution in [2.75, 3.05) is 12.0 Å². The summed E-state index contributed by atoms with van der Waals surface area (Å²) in [7, 11) is 1.59. The zero-order valence-electron chi connectivity index (χ0n) is 15.2. The van der Waals surface area contributed by atoms with E-state index in [1.54, 1.807) is 19.2 Å². The SMILES string of the molecule is COc1ccc(N(c2c(Cl)c(=O)c2=O)C(c2ccc(Cl)cc2)C(C)C)cc1. The maximum Gasteiger partial charge on any atom is 0.252 e. The number of hydrogen-bond acceptors (Lipinski definition) is 4. The van der Waals surface area contributed by atoms with Crippen molar-refractivity contribution >= 4 is 34.6 Å². The highest BCUT2D eigenvalue weighted by molar-refractivity contribution is 6.34. The summed E-state index contributed by atoms with van der Waals surface area (Å²) in [5.41, 5.74) is 0.715. The number of nitrogens with zero attached hydrogens (tertiary/aromatic N) is 1.